The Morgan fingerprint density at radius 3 is 2.32 bits per heavy atom. The summed E-state index contributed by atoms with van der Waals surface area (Å²) in [4.78, 5) is 4.41. The van der Waals surface area contributed by atoms with E-state index in [1.165, 1.54) is 25.7 Å². The van der Waals surface area contributed by atoms with Crippen molar-refractivity contribution in [2.24, 2.45) is 4.99 Å². The van der Waals surface area contributed by atoms with Gasteiger partial charge in [-0.25, -0.2) is 13.1 Å². The van der Waals surface area contributed by atoms with Crippen LogP contribution in [0.4, 0.5) is 0 Å². The number of aliphatic imine (C=N–C) groups is 1. The van der Waals surface area contributed by atoms with Crippen LogP contribution in [0.2, 0.25) is 0 Å². The lowest BCUT2D eigenvalue weighted by molar-refractivity contribution is 0.0468. The third-order valence-electron chi connectivity index (χ3n) is 4.54. The van der Waals surface area contributed by atoms with Gasteiger partial charge in [0, 0.05) is 26.7 Å². The highest BCUT2D eigenvalue weighted by Crippen LogP contribution is 2.19. The Labute approximate surface area is 186 Å². The Bertz CT molecular complexity index is 663. The molecule has 0 aromatic heterocycles. The second-order valence-corrected chi connectivity index (χ2v) is 8.39. The Kier molecular flexibility index (Phi) is 12.7. The van der Waals surface area contributed by atoms with Crippen molar-refractivity contribution in [3.05, 3.63) is 30.3 Å². The van der Waals surface area contributed by atoms with Crippen LogP contribution in [0.1, 0.15) is 38.5 Å². The summed E-state index contributed by atoms with van der Waals surface area (Å²) in [5.41, 5.74) is 0. The zero-order valence-corrected chi connectivity index (χ0v) is 19.7. The molecule has 28 heavy (non-hydrogen) atoms. The molecule has 2 rings (SSSR count). The minimum atomic E-state index is -3.47. The fourth-order valence-corrected chi connectivity index (χ4v) is 4.13. The molecule has 0 heterocycles. The molecule has 0 aliphatic heterocycles. The number of ether oxygens (including phenoxy) is 1. The first-order valence-corrected chi connectivity index (χ1v) is 11.2. The molecule has 160 valence electrons. The van der Waals surface area contributed by atoms with E-state index in [4.69, 9.17) is 4.74 Å². The average Bonchev–Trinajstić information content (AvgIpc) is 2.96. The van der Waals surface area contributed by atoms with Gasteiger partial charge in [-0.3, -0.25) is 4.99 Å². The van der Waals surface area contributed by atoms with Gasteiger partial charge in [0.2, 0.25) is 10.0 Å². The van der Waals surface area contributed by atoms with Gasteiger partial charge in [-0.2, -0.15) is 0 Å². The van der Waals surface area contributed by atoms with E-state index < -0.39 is 10.0 Å². The van der Waals surface area contributed by atoms with Gasteiger partial charge in [-0.15, -0.1) is 24.0 Å². The van der Waals surface area contributed by atoms with Crippen molar-refractivity contribution >= 4 is 40.0 Å². The van der Waals surface area contributed by atoms with E-state index in [2.05, 4.69) is 20.3 Å². The molecule has 3 N–H and O–H groups in total. The summed E-state index contributed by atoms with van der Waals surface area (Å²) in [5, 5.41) is 6.29. The lowest BCUT2D eigenvalue weighted by atomic mass is 10.1. The predicted molar refractivity (Wildman–Crippen MR) is 124 cm³/mol. The number of guanidine groups is 1. The highest BCUT2D eigenvalue weighted by Gasteiger charge is 2.13. The molecule has 1 aliphatic rings. The standard InChI is InChI=1S/C19H32N4O3S.HI/c1-20-19(22-15-16-26-17-9-5-2-3-6-10-17)21-13-14-23-27(24,25)18-11-7-4-8-12-18;/h4,7-8,11-12,17,23H,2-3,5-6,9-10,13-16H2,1H3,(H2,20,21,22);1H. The number of hydrogen-bond acceptors (Lipinski definition) is 4. The molecule has 0 radical (unpaired) electrons. The van der Waals surface area contributed by atoms with Gasteiger partial charge in [0.15, 0.2) is 5.96 Å². The summed E-state index contributed by atoms with van der Waals surface area (Å²) in [6, 6.07) is 8.34. The van der Waals surface area contributed by atoms with Crippen molar-refractivity contribution in [3.8, 4) is 0 Å². The highest BCUT2D eigenvalue weighted by molar-refractivity contribution is 14.0. The molecular weight excluding hydrogens is 491 g/mol. The summed E-state index contributed by atoms with van der Waals surface area (Å²) < 4.78 is 32.8. The minimum absolute atomic E-state index is 0. The van der Waals surface area contributed by atoms with Crippen LogP contribution in [-0.2, 0) is 14.8 Å². The van der Waals surface area contributed by atoms with E-state index in [0.717, 1.165) is 12.8 Å². The van der Waals surface area contributed by atoms with Crippen LogP contribution in [-0.4, -0.2) is 53.8 Å². The molecule has 0 spiro atoms. The monoisotopic (exact) mass is 524 g/mol. The fourth-order valence-electron chi connectivity index (χ4n) is 3.07. The van der Waals surface area contributed by atoms with E-state index in [9.17, 15) is 8.42 Å². The summed E-state index contributed by atoms with van der Waals surface area (Å²) in [7, 11) is -1.78. The quantitative estimate of drug-likeness (QED) is 0.152. The van der Waals surface area contributed by atoms with Gasteiger partial charge < -0.3 is 15.4 Å². The number of hydrogen-bond donors (Lipinski definition) is 3. The predicted octanol–water partition coefficient (Wildman–Crippen LogP) is 2.49. The number of nitrogens with zero attached hydrogens (tertiary/aromatic N) is 1. The fraction of sp³-hybridized carbons (Fsp3) is 0.632. The smallest absolute Gasteiger partial charge is 0.240 e. The molecule has 7 nitrogen and oxygen atoms in total. The van der Waals surface area contributed by atoms with Crippen molar-refractivity contribution in [3.63, 3.8) is 0 Å². The molecule has 1 fully saturated rings. The lowest BCUT2D eigenvalue weighted by Gasteiger charge is -2.17. The summed E-state index contributed by atoms with van der Waals surface area (Å²) in [6.45, 7) is 2.03. The van der Waals surface area contributed by atoms with Crippen molar-refractivity contribution in [1.29, 1.82) is 0 Å². The maximum Gasteiger partial charge on any atom is 0.240 e. The van der Waals surface area contributed by atoms with Crippen LogP contribution in [0.5, 0.6) is 0 Å². The minimum Gasteiger partial charge on any atom is -0.376 e. The Balaban J connectivity index is 0.00000392. The maximum absolute atomic E-state index is 12.1. The molecule has 0 atom stereocenters. The number of rotatable bonds is 9. The third kappa shape index (κ3) is 9.53. The first-order valence-electron chi connectivity index (χ1n) is 9.72. The van der Waals surface area contributed by atoms with Crippen molar-refractivity contribution < 1.29 is 13.2 Å². The number of benzene rings is 1. The summed E-state index contributed by atoms with van der Waals surface area (Å²) in [5.74, 6) is 0.637. The second kappa shape index (κ2) is 14.1. The molecule has 1 saturated carbocycles. The summed E-state index contributed by atoms with van der Waals surface area (Å²) in [6.07, 6.45) is 7.88. The van der Waals surface area contributed by atoms with Gasteiger partial charge in [-0.1, -0.05) is 43.9 Å². The lowest BCUT2D eigenvalue weighted by Crippen LogP contribution is -2.42. The number of halogens is 1. The van der Waals surface area contributed by atoms with Gasteiger partial charge in [-0.05, 0) is 25.0 Å². The topological polar surface area (TPSA) is 91.8 Å². The molecule has 9 heteroatoms. The molecule has 1 aromatic rings. The zero-order chi connectivity index (χ0) is 19.4. The largest absolute Gasteiger partial charge is 0.376 e. The SMILES string of the molecule is CN=C(NCCNS(=O)(=O)c1ccccc1)NCCOC1CCCCCC1.I. The van der Waals surface area contributed by atoms with E-state index >= 15 is 0 Å². The average molecular weight is 524 g/mol. The van der Waals surface area contributed by atoms with Crippen molar-refractivity contribution in [2.75, 3.05) is 33.3 Å². The van der Waals surface area contributed by atoms with Crippen molar-refractivity contribution in [1.82, 2.24) is 15.4 Å². The first-order chi connectivity index (χ1) is 13.1. The van der Waals surface area contributed by atoms with E-state index in [-0.39, 0.29) is 35.4 Å². The third-order valence-corrected chi connectivity index (χ3v) is 6.01. The Morgan fingerprint density at radius 1 is 1.04 bits per heavy atom. The van der Waals surface area contributed by atoms with E-state index in [1.54, 1.807) is 37.4 Å². The molecule has 0 amide bonds. The highest BCUT2D eigenvalue weighted by atomic mass is 127. The van der Waals surface area contributed by atoms with Gasteiger partial charge in [0.25, 0.3) is 0 Å². The molecule has 1 aromatic carbocycles. The van der Waals surface area contributed by atoms with Crippen LogP contribution in [0.3, 0.4) is 0 Å². The van der Waals surface area contributed by atoms with Crippen LogP contribution in [0.15, 0.2) is 40.2 Å². The zero-order valence-electron chi connectivity index (χ0n) is 16.5. The molecular formula is C19H33IN4O3S. The van der Waals surface area contributed by atoms with Crippen LogP contribution < -0.4 is 15.4 Å². The van der Waals surface area contributed by atoms with Gasteiger partial charge in [0.1, 0.15) is 0 Å². The summed E-state index contributed by atoms with van der Waals surface area (Å²) >= 11 is 0. The molecule has 1 aliphatic carbocycles. The molecule has 0 bridgehead atoms. The van der Waals surface area contributed by atoms with Crippen LogP contribution in [0, 0.1) is 0 Å². The maximum atomic E-state index is 12.1. The Hall–Kier alpha value is -0.910. The van der Waals surface area contributed by atoms with Crippen LogP contribution in [0.25, 0.3) is 0 Å². The van der Waals surface area contributed by atoms with Crippen molar-refractivity contribution in [2.45, 2.75) is 49.5 Å². The Morgan fingerprint density at radius 2 is 1.68 bits per heavy atom. The van der Waals surface area contributed by atoms with E-state index in [0.29, 0.717) is 31.8 Å². The normalized spacial score (nSPS) is 16.1. The van der Waals surface area contributed by atoms with E-state index in [1.807, 2.05) is 0 Å². The number of nitrogens with one attached hydrogen (secondary N) is 3. The number of sulfonamides is 1. The van der Waals surface area contributed by atoms with Crippen LogP contribution >= 0.6 is 24.0 Å². The van der Waals surface area contributed by atoms with Gasteiger partial charge >= 0.3 is 0 Å². The molecule has 0 unspecified atom stereocenters. The molecule has 0 saturated heterocycles. The second-order valence-electron chi connectivity index (χ2n) is 6.62. The van der Waals surface area contributed by atoms with Gasteiger partial charge in [0.05, 0.1) is 17.6 Å². The first kappa shape index (κ1) is 25.1.